The van der Waals surface area contributed by atoms with Gasteiger partial charge in [0.05, 0.1) is 13.2 Å². The highest BCUT2D eigenvalue weighted by molar-refractivity contribution is 5.84. The average molecular weight is 177 g/mol. The molecule has 12 heavy (non-hydrogen) atoms. The molecule has 0 heterocycles. The fourth-order valence-corrected chi connectivity index (χ4v) is 0.337. The topological polar surface area (TPSA) is 55.4 Å². The fraction of sp³-hybridized carbons (Fsp3) is 0.750. The van der Waals surface area contributed by atoms with E-state index in [1.807, 2.05) is 13.8 Å². The molecule has 0 aromatic heterocycles. The zero-order chi connectivity index (χ0) is 10.1. The van der Waals surface area contributed by atoms with Gasteiger partial charge < -0.3 is 10.1 Å². The van der Waals surface area contributed by atoms with Crippen LogP contribution in [-0.2, 0) is 9.53 Å². The second-order valence-electron chi connectivity index (χ2n) is 1.97. The molecule has 1 N–H and O–H groups in total. The van der Waals surface area contributed by atoms with Crippen molar-refractivity contribution in [3.63, 3.8) is 0 Å². The monoisotopic (exact) mass is 177 g/mol. The van der Waals surface area contributed by atoms with Crippen LogP contribution in [0.5, 0.6) is 0 Å². The van der Waals surface area contributed by atoms with Crippen LogP contribution in [0.2, 0.25) is 0 Å². The van der Waals surface area contributed by atoms with Gasteiger partial charge in [0.2, 0.25) is 0 Å². The lowest BCUT2D eigenvalue weighted by atomic mass is 10.2. The molecule has 0 aliphatic heterocycles. The van der Waals surface area contributed by atoms with Gasteiger partial charge in [-0.3, -0.25) is 4.79 Å². The van der Waals surface area contributed by atoms with Gasteiger partial charge in [-0.05, 0) is 13.8 Å². The van der Waals surface area contributed by atoms with Crippen molar-refractivity contribution in [1.82, 2.24) is 5.32 Å². The molecule has 74 valence electrons. The zero-order valence-corrected chi connectivity index (χ0v) is 8.30. The number of Topliss-reactive ketones (excluding diaryl/α,β-unsaturated/α-hetero) is 1. The summed E-state index contributed by atoms with van der Waals surface area (Å²) >= 11 is 0. The number of methoxy groups -OCH3 is 1. The first-order chi connectivity index (χ1) is 5.57. The first-order valence-electron chi connectivity index (χ1n) is 3.93. The summed E-state index contributed by atoms with van der Waals surface area (Å²) in [6.45, 7) is 7.00. The molecule has 0 aliphatic carbocycles. The van der Waals surface area contributed by atoms with Crippen LogP contribution in [0.25, 0.3) is 0 Å². The molecule has 0 saturated heterocycles. The van der Waals surface area contributed by atoms with Crippen molar-refractivity contribution >= 4 is 11.9 Å². The Labute approximate surface area is 74.8 Å². The van der Waals surface area contributed by atoms with E-state index in [1.54, 1.807) is 6.92 Å². The van der Waals surface area contributed by atoms with E-state index >= 15 is 0 Å². The van der Waals surface area contributed by atoms with Crippen molar-refractivity contribution in [1.29, 1.82) is 0 Å². The van der Waals surface area contributed by atoms with Crippen molar-refractivity contribution in [2.75, 3.05) is 7.11 Å². The van der Waals surface area contributed by atoms with Crippen molar-refractivity contribution < 1.29 is 15.8 Å². The van der Waals surface area contributed by atoms with Gasteiger partial charge in [0.1, 0.15) is 0 Å². The molecule has 0 aromatic rings. The van der Waals surface area contributed by atoms with E-state index < -0.39 is 12.1 Å². The van der Waals surface area contributed by atoms with Gasteiger partial charge in [0.25, 0.3) is 0 Å². The summed E-state index contributed by atoms with van der Waals surface area (Å²) < 4.78 is 4.27. The molecule has 0 bridgehead atoms. The number of ketones is 1. The summed E-state index contributed by atoms with van der Waals surface area (Å²) in [6.07, 6.45) is -0.581. The quantitative estimate of drug-likeness (QED) is 0.697. The van der Waals surface area contributed by atoms with Crippen molar-refractivity contribution in [3.8, 4) is 0 Å². The van der Waals surface area contributed by atoms with E-state index in [0.717, 1.165) is 0 Å². The second kappa shape index (κ2) is 8.04. The number of nitrogens with one attached hydrogen (secondary N) is 1. The number of carbonyl (C=O) groups excluding carboxylic acids is 2. The molecule has 0 radical (unpaired) electrons. The molecule has 1 atom stereocenters. The fourth-order valence-electron chi connectivity index (χ4n) is 0.337. The van der Waals surface area contributed by atoms with Crippen molar-refractivity contribution in [2.45, 2.75) is 33.7 Å². The third-order valence-electron chi connectivity index (χ3n) is 1.13. The number of ether oxygens (including phenoxy) is 1. The molecule has 0 aromatic carbocycles. The van der Waals surface area contributed by atoms with Gasteiger partial charge in [0.15, 0.2) is 5.78 Å². The molecule has 0 unspecified atom stereocenters. The third kappa shape index (κ3) is 7.05. The molecule has 4 nitrogen and oxygen atoms in total. The number of hydrogen-bond acceptors (Lipinski definition) is 3. The maximum absolute atomic E-state index is 10.5. The van der Waals surface area contributed by atoms with E-state index in [1.165, 1.54) is 14.0 Å². The van der Waals surface area contributed by atoms with Crippen LogP contribution in [0.1, 0.15) is 29.1 Å². The van der Waals surface area contributed by atoms with Crippen molar-refractivity contribution in [2.24, 2.45) is 0 Å². The standard InChI is InChI=1S/C6H11NO3.C2H6.H2/c1-4(5(2)8)7-6(9)10-3;1-2;/h4H,1-3H3,(H,7,9);1-2H3;1H/t4-;;/m0../s1. The highest BCUT2D eigenvalue weighted by Crippen LogP contribution is 1.83. The molecule has 1 amide bonds. The van der Waals surface area contributed by atoms with Gasteiger partial charge in [0, 0.05) is 1.43 Å². The van der Waals surface area contributed by atoms with E-state index in [9.17, 15) is 9.59 Å². The number of hydrogen-bond donors (Lipinski definition) is 1. The SMILES string of the molecule is CC.COC(=O)N[C@@H](C)C(C)=O.[HH]. The lowest BCUT2D eigenvalue weighted by molar-refractivity contribution is -0.118. The predicted molar refractivity (Wildman–Crippen MR) is 49.1 cm³/mol. The second-order valence-corrected chi connectivity index (χ2v) is 1.97. The molecule has 0 fully saturated rings. The maximum atomic E-state index is 10.5. The Morgan fingerprint density at radius 1 is 1.42 bits per heavy atom. The average Bonchev–Trinajstić information content (AvgIpc) is 2.07. The molecule has 4 heteroatoms. The minimum Gasteiger partial charge on any atom is -0.453 e. The summed E-state index contributed by atoms with van der Waals surface area (Å²) in [5.74, 6) is -0.0922. The number of carbonyl (C=O) groups is 2. The Bertz CT molecular complexity index is 150. The summed E-state index contributed by atoms with van der Waals surface area (Å²) in [6, 6.07) is -0.465. The third-order valence-corrected chi connectivity index (χ3v) is 1.13. The van der Waals surface area contributed by atoms with E-state index in [4.69, 9.17) is 0 Å². The lowest BCUT2D eigenvalue weighted by Gasteiger charge is -2.07. The van der Waals surface area contributed by atoms with Gasteiger partial charge in [-0.15, -0.1) is 0 Å². The van der Waals surface area contributed by atoms with E-state index in [-0.39, 0.29) is 7.21 Å². The minimum atomic E-state index is -0.581. The lowest BCUT2D eigenvalue weighted by Crippen LogP contribution is -2.37. The van der Waals surface area contributed by atoms with Crippen LogP contribution >= 0.6 is 0 Å². The summed E-state index contributed by atoms with van der Waals surface area (Å²) in [5, 5.41) is 2.32. The summed E-state index contributed by atoms with van der Waals surface area (Å²) in [5.41, 5.74) is 0. The van der Waals surface area contributed by atoms with Gasteiger partial charge in [-0.1, -0.05) is 13.8 Å². The highest BCUT2D eigenvalue weighted by Gasteiger charge is 2.09. The van der Waals surface area contributed by atoms with Gasteiger partial charge in [-0.25, -0.2) is 4.79 Å². The van der Waals surface area contributed by atoms with Crippen LogP contribution in [0.3, 0.4) is 0 Å². The normalized spacial score (nSPS) is 10.4. The van der Waals surface area contributed by atoms with Crippen LogP contribution in [0.15, 0.2) is 0 Å². The van der Waals surface area contributed by atoms with E-state index in [2.05, 4.69) is 10.1 Å². The summed E-state index contributed by atoms with van der Waals surface area (Å²) in [4.78, 5) is 21.0. The van der Waals surface area contributed by atoms with Crippen LogP contribution in [0.4, 0.5) is 4.79 Å². The molecular weight excluding hydrogens is 158 g/mol. The van der Waals surface area contributed by atoms with Crippen LogP contribution in [0, 0.1) is 0 Å². The molecule has 0 saturated carbocycles. The van der Waals surface area contributed by atoms with Gasteiger partial charge in [-0.2, -0.15) is 0 Å². The Hall–Kier alpha value is -1.06. The van der Waals surface area contributed by atoms with Gasteiger partial charge >= 0.3 is 6.09 Å². The minimum absolute atomic E-state index is 0. The molecular formula is C8H19NO3. The first-order valence-corrected chi connectivity index (χ1v) is 3.93. The first kappa shape index (κ1) is 13.5. The Balaban J connectivity index is -0.000000309. The Morgan fingerprint density at radius 3 is 2.08 bits per heavy atom. The van der Waals surface area contributed by atoms with Crippen molar-refractivity contribution in [3.05, 3.63) is 0 Å². The molecule has 0 spiro atoms. The molecule has 0 aliphatic rings. The highest BCUT2D eigenvalue weighted by atomic mass is 16.5. The maximum Gasteiger partial charge on any atom is 0.407 e. The number of rotatable bonds is 2. The number of amides is 1. The smallest absolute Gasteiger partial charge is 0.407 e. The van der Waals surface area contributed by atoms with E-state index in [0.29, 0.717) is 0 Å². The Morgan fingerprint density at radius 2 is 1.83 bits per heavy atom. The zero-order valence-electron chi connectivity index (χ0n) is 8.30. The number of alkyl carbamates (subject to hydrolysis) is 1. The predicted octanol–water partition coefficient (Wildman–Crippen LogP) is 1.59. The van der Waals surface area contributed by atoms with Crippen LogP contribution < -0.4 is 5.32 Å². The Kier molecular flexibility index (Phi) is 9.06. The largest absolute Gasteiger partial charge is 0.453 e. The summed E-state index contributed by atoms with van der Waals surface area (Å²) in [7, 11) is 1.25. The van der Waals surface area contributed by atoms with Crippen LogP contribution in [-0.4, -0.2) is 25.0 Å². The molecule has 0 rings (SSSR count).